The molecule has 23 heavy (non-hydrogen) atoms. The van der Waals surface area contributed by atoms with Gasteiger partial charge in [-0.3, -0.25) is 9.59 Å². The summed E-state index contributed by atoms with van der Waals surface area (Å²) in [6.45, 7) is 6.79. The second kappa shape index (κ2) is 5.65. The average Bonchev–Trinajstić information content (AvgIpc) is 2.50. The normalized spacial score (nSPS) is 19.3. The summed E-state index contributed by atoms with van der Waals surface area (Å²) in [6, 6.07) is 13.2. The minimum Gasteiger partial charge on any atom is -0.333 e. The highest BCUT2D eigenvalue weighted by molar-refractivity contribution is 5.77. The third kappa shape index (κ3) is 2.91. The van der Waals surface area contributed by atoms with Crippen LogP contribution in [0.5, 0.6) is 0 Å². The van der Waals surface area contributed by atoms with Crippen molar-refractivity contribution in [2.24, 2.45) is 5.41 Å². The van der Waals surface area contributed by atoms with E-state index in [0.717, 1.165) is 11.3 Å². The van der Waals surface area contributed by atoms with Gasteiger partial charge >= 0.3 is 0 Å². The summed E-state index contributed by atoms with van der Waals surface area (Å²) < 4.78 is 1.24. The van der Waals surface area contributed by atoms with E-state index in [1.54, 1.807) is 13.0 Å². The van der Waals surface area contributed by atoms with Crippen molar-refractivity contribution in [2.45, 2.75) is 33.4 Å². The maximum Gasteiger partial charge on any atom is 0.267 e. The maximum absolute atomic E-state index is 12.7. The fraction of sp³-hybridized carbons (Fsp3) is 0.389. The monoisotopic (exact) mass is 311 g/mol. The van der Waals surface area contributed by atoms with Gasteiger partial charge in [-0.05, 0) is 18.6 Å². The second-order valence-corrected chi connectivity index (χ2v) is 6.79. The summed E-state index contributed by atoms with van der Waals surface area (Å²) in [5.74, 6) is -0.0709. The molecule has 1 saturated heterocycles. The highest BCUT2D eigenvalue weighted by Gasteiger charge is 2.48. The largest absolute Gasteiger partial charge is 0.333 e. The minimum absolute atomic E-state index is 0.0140. The first-order valence-electron chi connectivity index (χ1n) is 7.78. The number of rotatable bonds is 3. The molecule has 120 valence electrons. The van der Waals surface area contributed by atoms with Crippen LogP contribution in [0.1, 0.15) is 31.1 Å². The summed E-state index contributed by atoms with van der Waals surface area (Å²) in [5.41, 5.74) is 1.63. The molecule has 0 saturated carbocycles. The Kier molecular flexibility index (Phi) is 3.80. The zero-order valence-corrected chi connectivity index (χ0v) is 13.7. The SMILES string of the molecule is Cc1ccc(=O)n(CC(=O)N2CC(C)(C)C2c2ccccc2)n1. The molecule has 1 amide bonds. The molecule has 1 aromatic heterocycles. The molecule has 0 spiro atoms. The number of aryl methyl sites for hydroxylation is 1. The lowest BCUT2D eigenvalue weighted by Gasteiger charge is -2.54. The molecule has 1 aromatic carbocycles. The highest BCUT2D eigenvalue weighted by Crippen LogP contribution is 2.48. The number of hydrogen-bond donors (Lipinski definition) is 0. The van der Waals surface area contributed by atoms with Crippen molar-refractivity contribution >= 4 is 5.91 Å². The molecule has 0 aliphatic carbocycles. The standard InChI is InChI=1S/C18H21N3O2/c1-13-9-10-15(22)21(19-13)11-16(23)20-12-18(2,3)17(20)14-7-5-4-6-8-14/h4-10,17H,11-12H2,1-3H3. The first kappa shape index (κ1) is 15.5. The summed E-state index contributed by atoms with van der Waals surface area (Å²) in [6.07, 6.45) is 0. The van der Waals surface area contributed by atoms with Gasteiger partial charge in [0.25, 0.3) is 5.56 Å². The maximum atomic E-state index is 12.7. The Labute approximate surface area is 135 Å². The van der Waals surface area contributed by atoms with E-state index in [2.05, 4.69) is 18.9 Å². The Balaban J connectivity index is 1.82. The molecule has 5 nitrogen and oxygen atoms in total. The zero-order chi connectivity index (χ0) is 16.6. The first-order chi connectivity index (χ1) is 10.9. The van der Waals surface area contributed by atoms with Crippen LogP contribution in [-0.4, -0.2) is 27.1 Å². The zero-order valence-electron chi connectivity index (χ0n) is 13.7. The molecular weight excluding hydrogens is 290 g/mol. The van der Waals surface area contributed by atoms with E-state index in [9.17, 15) is 9.59 Å². The van der Waals surface area contributed by atoms with Crippen LogP contribution < -0.4 is 5.56 Å². The van der Waals surface area contributed by atoms with Crippen LogP contribution in [0.15, 0.2) is 47.3 Å². The van der Waals surface area contributed by atoms with E-state index < -0.39 is 0 Å². The van der Waals surface area contributed by atoms with Crippen LogP contribution in [0.4, 0.5) is 0 Å². The quantitative estimate of drug-likeness (QED) is 0.873. The summed E-state index contributed by atoms with van der Waals surface area (Å²) >= 11 is 0. The van der Waals surface area contributed by atoms with Gasteiger partial charge in [-0.2, -0.15) is 5.10 Å². The summed E-state index contributed by atoms with van der Waals surface area (Å²) in [7, 11) is 0. The number of nitrogens with zero attached hydrogens (tertiary/aromatic N) is 3. The lowest BCUT2D eigenvalue weighted by molar-refractivity contribution is -0.153. The van der Waals surface area contributed by atoms with Crippen molar-refractivity contribution in [3.05, 3.63) is 64.1 Å². The van der Waals surface area contributed by atoms with Gasteiger partial charge in [0, 0.05) is 18.0 Å². The lowest BCUT2D eigenvalue weighted by Crippen LogP contribution is -2.58. The van der Waals surface area contributed by atoms with Crippen molar-refractivity contribution in [1.29, 1.82) is 0 Å². The van der Waals surface area contributed by atoms with E-state index in [0.29, 0.717) is 6.54 Å². The van der Waals surface area contributed by atoms with Gasteiger partial charge in [-0.15, -0.1) is 0 Å². The number of likely N-dealkylation sites (tertiary alicyclic amines) is 1. The number of hydrogen-bond acceptors (Lipinski definition) is 3. The number of benzene rings is 1. The Hall–Kier alpha value is -2.43. The second-order valence-electron chi connectivity index (χ2n) is 6.79. The summed E-state index contributed by atoms with van der Waals surface area (Å²) in [5, 5.41) is 4.14. The van der Waals surface area contributed by atoms with Gasteiger partial charge in [0.2, 0.25) is 5.91 Å². The highest BCUT2D eigenvalue weighted by atomic mass is 16.2. The molecule has 2 aromatic rings. The van der Waals surface area contributed by atoms with Crippen LogP contribution in [-0.2, 0) is 11.3 Å². The molecule has 3 rings (SSSR count). The van der Waals surface area contributed by atoms with E-state index in [4.69, 9.17) is 0 Å². The van der Waals surface area contributed by atoms with E-state index >= 15 is 0 Å². The van der Waals surface area contributed by atoms with Crippen LogP contribution in [0.25, 0.3) is 0 Å². The minimum atomic E-state index is -0.250. The average molecular weight is 311 g/mol. The van der Waals surface area contributed by atoms with Crippen LogP contribution >= 0.6 is 0 Å². The third-order valence-corrected chi connectivity index (χ3v) is 4.35. The molecule has 1 unspecified atom stereocenters. The molecule has 5 heteroatoms. The molecule has 0 N–H and O–H groups in total. The first-order valence-corrected chi connectivity index (χ1v) is 7.78. The molecule has 1 aliphatic heterocycles. The Bertz CT molecular complexity index is 780. The van der Waals surface area contributed by atoms with E-state index in [-0.39, 0.29) is 29.5 Å². The van der Waals surface area contributed by atoms with E-state index in [1.165, 1.54) is 10.7 Å². The Morgan fingerprint density at radius 3 is 2.57 bits per heavy atom. The smallest absolute Gasteiger partial charge is 0.267 e. The predicted molar refractivity (Wildman–Crippen MR) is 87.9 cm³/mol. The van der Waals surface area contributed by atoms with Crippen molar-refractivity contribution < 1.29 is 4.79 Å². The third-order valence-electron chi connectivity index (χ3n) is 4.35. The van der Waals surface area contributed by atoms with Crippen LogP contribution in [0.2, 0.25) is 0 Å². The summed E-state index contributed by atoms with van der Waals surface area (Å²) in [4.78, 5) is 26.3. The number of amides is 1. The van der Waals surface area contributed by atoms with Crippen molar-refractivity contribution in [1.82, 2.24) is 14.7 Å². The van der Waals surface area contributed by atoms with Gasteiger partial charge in [0.15, 0.2) is 0 Å². The van der Waals surface area contributed by atoms with Crippen molar-refractivity contribution in [3.8, 4) is 0 Å². The topological polar surface area (TPSA) is 55.2 Å². The Morgan fingerprint density at radius 1 is 1.22 bits per heavy atom. The molecular formula is C18H21N3O2. The fourth-order valence-electron chi connectivity index (χ4n) is 3.31. The molecule has 1 aliphatic rings. The lowest BCUT2D eigenvalue weighted by atomic mass is 9.71. The van der Waals surface area contributed by atoms with E-state index in [1.807, 2.05) is 35.2 Å². The fourth-order valence-corrected chi connectivity index (χ4v) is 3.31. The molecule has 2 heterocycles. The van der Waals surface area contributed by atoms with Gasteiger partial charge in [-0.25, -0.2) is 4.68 Å². The number of aromatic nitrogens is 2. The number of carbonyl (C=O) groups is 1. The van der Waals surface area contributed by atoms with Gasteiger partial charge in [-0.1, -0.05) is 44.2 Å². The predicted octanol–water partition coefficient (Wildman–Crippen LogP) is 2.16. The molecule has 0 radical (unpaired) electrons. The number of carbonyl (C=O) groups excluding carboxylic acids is 1. The Morgan fingerprint density at radius 2 is 1.91 bits per heavy atom. The van der Waals surface area contributed by atoms with Crippen molar-refractivity contribution in [3.63, 3.8) is 0 Å². The molecule has 1 fully saturated rings. The van der Waals surface area contributed by atoms with Crippen LogP contribution in [0, 0.1) is 12.3 Å². The van der Waals surface area contributed by atoms with Gasteiger partial charge in [0.1, 0.15) is 6.54 Å². The van der Waals surface area contributed by atoms with Crippen molar-refractivity contribution in [2.75, 3.05) is 6.54 Å². The van der Waals surface area contributed by atoms with Gasteiger partial charge in [0.05, 0.1) is 11.7 Å². The molecule has 0 bridgehead atoms. The molecule has 1 atom stereocenters. The van der Waals surface area contributed by atoms with Gasteiger partial charge < -0.3 is 4.90 Å². The van der Waals surface area contributed by atoms with Crippen LogP contribution in [0.3, 0.4) is 0 Å².